The van der Waals surface area contributed by atoms with Crippen LogP contribution in [-0.2, 0) is 4.79 Å². The minimum absolute atomic E-state index is 0.166. The van der Waals surface area contributed by atoms with Crippen molar-refractivity contribution in [3.05, 3.63) is 42.2 Å². The summed E-state index contributed by atoms with van der Waals surface area (Å²) in [4.78, 5) is 36.3. The molecule has 2 N–H and O–H groups in total. The van der Waals surface area contributed by atoms with Crippen LogP contribution < -0.4 is 10.6 Å². The Morgan fingerprint density at radius 1 is 1.20 bits per heavy atom. The summed E-state index contributed by atoms with van der Waals surface area (Å²) in [5.41, 5.74) is 7.54. The van der Waals surface area contributed by atoms with Crippen LogP contribution in [-0.4, -0.2) is 53.4 Å². The van der Waals surface area contributed by atoms with Crippen LogP contribution in [0.15, 0.2) is 36.7 Å². The second-order valence-corrected chi connectivity index (χ2v) is 6.29. The first-order chi connectivity index (χ1) is 12.0. The molecular weight excluding hydrogens is 318 g/mol. The zero-order valence-electron chi connectivity index (χ0n) is 14.3. The summed E-state index contributed by atoms with van der Waals surface area (Å²) in [6.07, 6.45) is 4.81. The zero-order chi connectivity index (χ0) is 18.0. The fourth-order valence-corrected chi connectivity index (χ4v) is 2.97. The van der Waals surface area contributed by atoms with Crippen molar-refractivity contribution in [2.45, 2.75) is 18.9 Å². The van der Waals surface area contributed by atoms with Crippen LogP contribution in [0, 0.1) is 0 Å². The summed E-state index contributed by atoms with van der Waals surface area (Å²) in [5.74, 6) is 0.151. The summed E-state index contributed by atoms with van der Waals surface area (Å²) in [6.45, 7) is 0.560. The van der Waals surface area contributed by atoms with Crippen molar-refractivity contribution in [2.24, 2.45) is 5.73 Å². The molecule has 1 atom stereocenters. The van der Waals surface area contributed by atoms with Gasteiger partial charge < -0.3 is 15.5 Å². The first kappa shape index (κ1) is 16.9. The Kier molecular flexibility index (Phi) is 4.65. The molecule has 0 spiro atoms. The topological polar surface area (TPSA) is 92.4 Å². The quantitative estimate of drug-likeness (QED) is 0.906. The average molecular weight is 339 g/mol. The molecule has 3 rings (SSSR count). The maximum atomic E-state index is 12.6. The van der Waals surface area contributed by atoms with Crippen LogP contribution >= 0.6 is 0 Å². The monoisotopic (exact) mass is 339 g/mol. The second kappa shape index (κ2) is 6.88. The van der Waals surface area contributed by atoms with E-state index in [0.717, 1.165) is 23.5 Å². The number of anilines is 1. The van der Waals surface area contributed by atoms with Crippen LogP contribution in [0.2, 0.25) is 0 Å². The second-order valence-electron chi connectivity index (χ2n) is 6.29. The van der Waals surface area contributed by atoms with Crippen LogP contribution in [0.5, 0.6) is 0 Å². The number of rotatable bonds is 4. The molecule has 1 saturated heterocycles. The molecule has 1 fully saturated rings. The summed E-state index contributed by atoms with van der Waals surface area (Å²) in [6, 6.07) is 6.67. The maximum Gasteiger partial charge on any atom is 0.254 e. The Morgan fingerprint density at radius 3 is 2.56 bits per heavy atom. The fraction of sp³-hybridized carbons (Fsp3) is 0.333. The van der Waals surface area contributed by atoms with Gasteiger partial charge in [-0.3, -0.25) is 14.6 Å². The van der Waals surface area contributed by atoms with Crippen LogP contribution in [0.3, 0.4) is 0 Å². The number of aromatic nitrogens is 2. The van der Waals surface area contributed by atoms with E-state index in [-0.39, 0.29) is 5.91 Å². The number of nitrogens with two attached hydrogens (primary N) is 1. The molecule has 0 bridgehead atoms. The van der Waals surface area contributed by atoms with E-state index in [1.807, 2.05) is 31.1 Å². The van der Waals surface area contributed by atoms with Gasteiger partial charge in [0.15, 0.2) is 0 Å². The molecule has 2 heterocycles. The van der Waals surface area contributed by atoms with Crippen LogP contribution in [0.25, 0.3) is 11.3 Å². The van der Waals surface area contributed by atoms with Crippen molar-refractivity contribution < 1.29 is 9.59 Å². The predicted molar refractivity (Wildman–Crippen MR) is 95.0 cm³/mol. The molecule has 0 saturated carbocycles. The summed E-state index contributed by atoms with van der Waals surface area (Å²) >= 11 is 0. The summed E-state index contributed by atoms with van der Waals surface area (Å²) < 4.78 is 0. The molecule has 2 aromatic rings. The van der Waals surface area contributed by atoms with Crippen LogP contribution in [0.1, 0.15) is 23.2 Å². The minimum Gasteiger partial charge on any atom is -0.368 e. The van der Waals surface area contributed by atoms with Gasteiger partial charge in [-0.2, -0.15) is 0 Å². The molecule has 0 aliphatic carbocycles. The number of benzene rings is 1. The van der Waals surface area contributed by atoms with Crippen molar-refractivity contribution in [1.29, 1.82) is 0 Å². The third-order valence-electron chi connectivity index (χ3n) is 4.35. The van der Waals surface area contributed by atoms with Crippen molar-refractivity contribution in [1.82, 2.24) is 14.9 Å². The predicted octanol–water partition coefficient (Wildman–Crippen LogP) is 1.30. The Balaban J connectivity index is 1.82. The van der Waals surface area contributed by atoms with E-state index in [0.29, 0.717) is 18.5 Å². The molecule has 1 aromatic carbocycles. The fourth-order valence-electron chi connectivity index (χ4n) is 2.97. The number of hydrogen-bond acceptors (Lipinski definition) is 5. The Hall–Kier alpha value is -2.96. The first-order valence-electron chi connectivity index (χ1n) is 8.17. The van der Waals surface area contributed by atoms with Gasteiger partial charge in [-0.25, -0.2) is 4.98 Å². The van der Waals surface area contributed by atoms with E-state index in [1.165, 1.54) is 0 Å². The molecule has 25 heavy (non-hydrogen) atoms. The standard InChI is InChI=1S/C18H21N5O2/c1-22(2)16-11-20-10-14(21-16)12-5-7-13(8-6-12)18(25)23-9-3-4-15(23)17(19)24/h5-8,10-11,15H,3-4,9H2,1-2H3,(H2,19,24)/t15-/m0/s1. The highest BCUT2D eigenvalue weighted by atomic mass is 16.2. The number of primary amides is 1. The number of nitrogens with zero attached hydrogens (tertiary/aromatic N) is 4. The number of likely N-dealkylation sites (tertiary alicyclic amines) is 1. The Morgan fingerprint density at radius 2 is 1.92 bits per heavy atom. The Labute approximate surface area is 146 Å². The third kappa shape index (κ3) is 3.45. The molecule has 1 aliphatic rings. The van der Waals surface area contributed by atoms with Gasteiger partial charge in [0.1, 0.15) is 11.9 Å². The number of hydrogen-bond donors (Lipinski definition) is 1. The van der Waals surface area contributed by atoms with Gasteiger partial charge in [-0.15, -0.1) is 0 Å². The van der Waals surface area contributed by atoms with Gasteiger partial charge in [0, 0.05) is 31.8 Å². The molecular formula is C18H21N5O2. The van der Waals surface area contributed by atoms with E-state index >= 15 is 0 Å². The highest BCUT2D eigenvalue weighted by molar-refractivity contribution is 5.98. The Bertz CT molecular complexity index is 788. The van der Waals surface area contributed by atoms with Crippen molar-refractivity contribution in [3.63, 3.8) is 0 Å². The largest absolute Gasteiger partial charge is 0.368 e. The molecule has 0 radical (unpaired) electrons. The minimum atomic E-state index is -0.505. The summed E-state index contributed by atoms with van der Waals surface area (Å²) in [5, 5.41) is 0. The first-order valence-corrected chi connectivity index (χ1v) is 8.17. The molecule has 130 valence electrons. The number of amides is 2. The highest BCUT2D eigenvalue weighted by Gasteiger charge is 2.33. The molecule has 2 amide bonds. The van der Waals surface area contributed by atoms with E-state index in [1.54, 1.807) is 29.4 Å². The third-order valence-corrected chi connectivity index (χ3v) is 4.35. The molecule has 7 nitrogen and oxygen atoms in total. The molecule has 1 aromatic heterocycles. The number of carbonyl (C=O) groups excluding carboxylic acids is 2. The molecule has 1 aliphatic heterocycles. The lowest BCUT2D eigenvalue weighted by Crippen LogP contribution is -2.43. The highest BCUT2D eigenvalue weighted by Crippen LogP contribution is 2.23. The number of carbonyl (C=O) groups is 2. The lowest BCUT2D eigenvalue weighted by atomic mass is 10.1. The lowest BCUT2D eigenvalue weighted by molar-refractivity contribution is -0.121. The summed E-state index contributed by atoms with van der Waals surface area (Å²) in [7, 11) is 3.81. The SMILES string of the molecule is CN(C)c1cncc(-c2ccc(C(=O)N3CCC[C@H]3C(N)=O)cc2)n1. The lowest BCUT2D eigenvalue weighted by Gasteiger charge is -2.22. The maximum absolute atomic E-state index is 12.6. The molecule has 0 unspecified atom stereocenters. The van der Waals surface area contributed by atoms with Crippen LogP contribution in [0.4, 0.5) is 5.82 Å². The smallest absolute Gasteiger partial charge is 0.254 e. The van der Waals surface area contributed by atoms with Gasteiger partial charge in [0.25, 0.3) is 5.91 Å². The average Bonchev–Trinajstić information content (AvgIpc) is 3.11. The van der Waals surface area contributed by atoms with Gasteiger partial charge in [-0.1, -0.05) is 12.1 Å². The van der Waals surface area contributed by atoms with Crippen molar-refractivity contribution in [2.75, 3.05) is 25.5 Å². The van der Waals surface area contributed by atoms with Gasteiger partial charge in [0.05, 0.1) is 18.1 Å². The normalized spacial score (nSPS) is 16.7. The van der Waals surface area contributed by atoms with Gasteiger partial charge in [-0.05, 0) is 25.0 Å². The molecule has 7 heteroatoms. The van der Waals surface area contributed by atoms with Crippen molar-refractivity contribution in [3.8, 4) is 11.3 Å². The van der Waals surface area contributed by atoms with E-state index in [2.05, 4.69) is 9.97 Å². The van der Waals surface area contributed by atoms with Crippen molar-refractivity contribution >= 4 is 17.6 Å². The van der Waals surface area contributed by atoms with Gasteiger partial charge >= 0.3 is 0 Å². The zero-order valence-corrected chi connectivity index (χ0v) is 14.3. The van der Waals surface area contributed by atoms with E-state index in [4.69, 9.17) is 5.73 Å². The van der Waals surface area contributed by atoms with Gasteiger partial charge in [0.2, 0.25) is 5.91 Å². The van der Waals surface area contributed by atoms with E-state index < -0.39 is 11.9 Å². The van der Waals surface area contributed by atoms with E-state index in [9.17, 15) is 9.59 Å².